The number of allylic oxidation sites excluding steroid dienone is 17. The van der Waals surface area contributed by atoms with E-state index in [1.807, 2.05) is 6.08 Å². The lowest BCUT2D eigenvalue weighted by atomic mass is 10.1. The van der Waals surface area contributed by atoms with Gasteiger partial charge in [0.05, 0.1) is 6.42 Å². The van der Waals surface area contributed by atoms with Gasteiger partial charge in [-0.3, -0.25) is 14.4 Å². The van der Waals surface area contributed by atoms with E-state index in [4.69, 9.17) is 14.2 Å². The first-order valence-electron chi connectivity index (χ1n) is 22.9. The Hall–Kier alpha value is -3.93. The van der Waals surface area contributed by atoms with Gasteiger partial charge in [-0.1, -0.05) is 169 Å². The molecule has 0 radical (unpaired) electrons. The van der Waals surface area contributed by atoms with Crippen molar-refractivity contribution in [2.75, 3.05) is 13.2 Å². The summed E-state index contributed by atoms with van der Waals surface area (Å²) in [5.74, 6) is -1.11. The van der Waals surface area contributed by atoms with Gasteiger partial charge in [0.25, 0.3) is 0 Å². The normalized spacial score (nSPS) is 13.1. The van der Waals surface area contributed by atoms with Gasteiger partial charge >= 0.3 is 17.9 Å². The molecule has 0 rings (SSSR count). The summed E-state index contributed by atoms with van der Waals surface area (Å²) in [6.07, 6.45) is 61.1. The first-order chi connectivity index (χ1) is 28.5. The molecule has 1 unspecified atom stereocenters. The van der Waals surface area contributed by atoms with Crippen LogP contribution in [0, 0.1) is 0 Å². The minimum atomic E-state index is -0.831. The van der Waals surface area contributed by atoms with Gasteiger partial charge < -0.3 is 14.2 Å². The third-order valence-electron chi connectivity index (χ3n) is 9.03. The van der Waals surface area contributed by atoms with Crippen LogP contribution in [0.15, 0.2) is 109 Å². The maximum Gasteiger partial charge on any atom is 0.309 e. The van der Waals surface area contributed by atoms with E-state index in [1.165, 1.54) is 32.1 Å². The summed E-state index contributed by atoms with van der Waals surface area (Å²) in [6.45, 7) is 6.21. The van der Waals surface area contributed by atoms with E-state index in [0.717, 1.165) is 109 Å². The van der Waals surface area contributed by atoms with E-state index in [1.54, 1.807) is 6.08 Å². The molecule has 0 heterocycles. The minimum Gasteiger partial charge on any atom is -0.462 e. The van der Waals surface area contributed by atoms with Crippen molar-refractivity contribution in [1.29, 1.82) is 0 Å². The molecule has 1 atom stereocenters. The molecule has 0 N–H and O–H groups in total. The van der Waals surface area contributed by atoms with Crippen LogP contribution in [0.1, 0.15) is 181 Å². The van der Waals surface area contributed by atoms with E-state index in [-0.39, 0.29) is 38.0 Å². The Kier molecular flexibility index (Phi) is 42.7. The summed E-state index contributed by atoms with van der Waals surface area (Å²) in [5, 5.41) is 0. The number of hydrogen-bond acceptors (Lipinski definition) is 6. The van der Waals surface area contributed by atoms with Crippen LogP contribution in [0.2, 0.25) is 0 Å². The molecule has 0 amide bonds. The van der Waals surface area contributed by atoms with Crippen molar-refractivity contribution in [1.82, 2.24) is 0 Å². The van der Waals surface area contributed by atoms with Gasteiger partial charge in [0, 0.05) is 12.8 Å². The Balaban J connectivity index is 4.48. The molecule has 0 fully saturated rings. The second kappa shape index (κ2) is 45.8. The second-order valence-corrected chi connectivity index (χ2v) is 14.6. The summed E-state index contributed by atoms with van der Waals surface area (Å²) in [5.41, 5.74) is 0. The average molecular weight is 803 g/mol. The fourth-order valence-corrected chi connectivity index (χ4v) is 5.64. The van der Waals surface area contributed by atoms with E-state index in [9.17, 15) is 14.4 Å². The van der Waals surface area contributed by atoms with E-state index >= 15 is 0 Å². The number of carbonyl (C=O) groups excluding carboxylic acids is 3. The van der Waals surface area contributed by atoms with Crippen molar-refractivity contribution in [3.8, 4) is 0 Å². The molecule has 0 saturated heterocycles. The van der Waals surface area contributed by atoms with Crippen LogP contribution in [0.4, 0.5) is 0 Å². The molecule has 0 aliphatic carbocycles. The van der Waals surface area contributed by atoms with Crippen LogP contribution >= 0.6 is 0 Å². The average Bonchev–Trinajstić information content (AvgIpc) is 3.22. The van der Waals surface area contributed by atoms with Gasteiger partial charge in [0.15, 0.2) is 6.10 Å². The Morgan fingerprint density at radius 2 is 0.741 bits per heavy atom. The summed E-state index contributed by atoms with van der Waals surface area (Å²) in [7, 11) is 0. The topological polar surface area (TPSA) is 78.9 Å². The van der Waals surface area contributed by atoms with Crippen molar-refractivity contribution < 1.29 is 28.6 Å². The monoisotopic (exact) mass is 803 g/mol. The van der Waals surface area contributed by atoms with Gasteiger partial charge in [-0.2, -0.15) is 0 Å². The molecule has 0 aromatic carbocycles. The number of esters is 3. The van der Waals surface area contributed by atoms with Crippen LogP contribution in [0.25, 0.3) is 0 Å². The molecular weight excluding hydrogens is 721 g/mol. The van der Waals surface area contributed by atoms with Crippen LogP contribution in [0.3, 0.4) is 0 Å². The molecule has 0 aliphatic heterocycles. The van der Waals surface area contributed by atoms with Gasteiger partial charge in [0.2, 0.25) is 0 Å². The van der Waals surface area contributed by atoms with Crippen molar-refractivity contribution in [3.05, 3.63) is 109 Å². The van der Waals surface area contributed by atoms with Crippen molar-refractivity contribution >= 4 is 17.9 Å². The number of unbranched alkanes of at least 4 members (excludes halogenated alkanes) is 11. The van der Waals surface area contributed by atoms with E-state index in [2.05, 4.69) is 118 Å². The van der Waals surface area contributed by atoms with E-state index in [0.29, 0.717) is 6.42 Å². The molecule has 326 valence electrons. The largest absolute Gasteiger partial charge is 0.462 e. The summed E-state index contributed by atoms with van der Waals surface area (Å²) >= 11 is 0. The minimum absolute atomic E-state index is 0.123. The number of ether oxygens (including phenoxy) is 3. The van der Waals surface area contributed by atoms with Crippen LogP contribution in [-0.2, 0) is 28.6 Å². The molecule has 0 aromatic heterocycles. The molecule has 0 aromatic rings. The third-order valence-corrected chi connectivity index (χ3v) is 9.03. The lowest BCUT2D eigenvalue weighted by Gasteiger charge is -2.18. The second-order valence-electron chi connectivity index (χ2n) is 14.6. The van der Waals surface area contributed by atoms with Crippen molar-refractivity contribution in [2.24, 2.45) is 0 Å². The van der Waals surface area contributed by atoms with E-state index < -0.39 is 12.1 Å². The lowest BCUT2D eigenvalue weighted by Crippen LogP contribution is -2.30. The zero-order valence-corrected chi connectivity index (χ0v) is 37.0. The SMILES string of the molecule is CC/C=C\C/C=C\C/C=C\C/C=C\C/C=C\CCCCCC(=O)OCC(COC(=O)C/C=C\C/C=C\C/C=C\CC)OC(=O)CCCCCCC/C=C\CCCCC. The highest BCUT2D eigenvalue weighted by atomic mass is 16.6. The molecule has 6 nitrogen and oxygen atoms in total. The van der Waals surface area contributed by atoms with Crippen LogP contribution < -0.4 is 0 Å². The first-order valence-corrected chi connectivity index (χ1v) is 22.9. The highest BCUT2D eigenvalue weighted by Gasteiger charge is 2.19. The summed E-state index contributed by atoms with van der Waals surface area (Å²) in [4.78, 5) is 37.6. The quantitative estimate of drug-likeness (QED) is 0.0267. The maximum atomic E-state index is 12.7. The zero-order valence-electron chi connectivity index (χ0n) is 37.0. The predicted molar refractivity (Wildman–Crippen MR) is 247 cm³/mol. The third kappa shape index (κ3) is 43.2. The fourth-order valence-electron chi connectivity index (χ4n) is 5.64. The Labute approximate surface area is 355 Å². The molecule has 58 heavy (non-hydrogen) atoms. The Morgan fingerprint density at radius 1 is 0.379 bits per heavy atom. The highest BCUT2D eigenvalue weighted by Crippen LogP contribution is 2.11. The van der Waals surface area contributed by atoms with Crippen LogP contribution in [0.5, 0.6) is 0 Å². The van der Waals surface area contributed by atoms with Gasteiger partial charge in [-0.25, -0.2) is 0 Å². The van der Waals surface area contributed by atoms with Gasteiger partial charge in [-0.15, -0.1) is 0 Å². The lowest BCUT2D eigenvalue weighted by molar-refractivity contribution is -0.166. The zero-order chi connectivity index (χ0) is 42.3. The highest BCUT2D eigenvalue weighted by molar-refractivity contribution is 5.72. The van der Waals surface area contributed by atoms with Gasteiger partial charge in [-0.05, 0) is 103 Å². The summed E-state index contributed by atoms with van der Waals surface area (Å²) < 4.78 is 16.5. The Bertz CT molecular complexity index is 1240. The number of carbonyl (C=O) groups is 3. The number of rotatable bonds is 39. The molecule has 0 aliphatic rings. The van der Waals surface area contributed by atoms with Crippen molar-refractivity contribution in [2.45, 2.75) is 187 Å². The molecule has 0 bridgehead atoms. The fraction of sp³-hybridized carbons (Fsp3) is 0.596. The Morgan fingerprint density at radius 3 is 1.24 bits per heavy atom. The molecular formula is C52H82O6. The molecule has 6 heteroatoms. The molecule has 0 saturated carbocycles. The summed E-state index contributed by atoms with van der Waals surface area (Å²) in [6, 6.07) is 0. The number of hydrogen-bond donors (Lipinski definition) is 0. The molecule has 0 spiro atoms. The van der Waals surface area contributed by atoms with Crippen molar-refractivity contribution in [3.63, 3.8) is 0 Å². The van der Waals surface area contributed by atoms with Crippen LogP contribution in [-0.4, -0.2) is 37.2 Å². The van der Waals surface area contributed by atoms with Gasteiger partial charge in [0.1, 0.15) is 13.2 Å². The standard InChI is InChI=1S/C52H82O6/c1-4-7-10-13-16-19-21-23-24-25-26-27-28-29-31-33-36-39-42-45-51(54)57-48-49(47-56-50(53)44-41-38-35-32-18-15-12-9-6-3)58-52(55)46-43-40-37-34-30-22-20-17-14-11-8-5-2/h7,9-10,12,16-20,23-24,26-27,29,31-32,38,41,49H,4-6,8,11,13-15,21-22,25,28,30,33-37,39-40,42-48H2,1-3H3/b10-7-,12-9-,19-16-,20-17-,24-23-,27-26-,31-29-,32-18-,41-38-. The maximum absolute atomic E-state index is 12.7. The smallest absolute Gasteiger partial charge is 0.309 e. The first kappa shape index (κ1) is 54.1. The predicted octanol–water partition coefficient (Wildman–Crippen LogP) is 14.8.